The van der Waals surface area contributed by atoms with Crippen molar-refractivity contribution in [2.24, 2.45) is 5.41 Å². The molecule has 1 amide bonds. The van der Waals surface area contributed by atoms with Gasteiger partial charge in [-0.2, -0.15) is 0 Å². The molecule has 0 bridgehead atoms. The van der Waals surface area contributed by atoms with E-state index in [1.807, 2.05) is 27.7 Å². The van der Waals surface area contributed by atoms with E-state index in [4.69, 9.17) is 9.47 Å². The summed E-state index contributed by atoms with van der Waals surface area (Å²) in [6.45, 7) is 10.6. The highest BCUT2D eigenvalue weighted by Gasteiger charge is 2.34. The van der Waals surface area contributed by atoms with Crippen LogP contribution in [0, 0.1) is 5.41 Å². The molecule has 0 saturated heterocycles. The lowest BCUT2D eigenvalue weighted by Gasteiger charge is -2.29. The van der Waals surface area contributed by atoms with Crippen LogP contribution in [-0.4, -0.2) is 31.3 Å². The Labute approximate surface area is 167 Å². The Morgan fingerprint density at radius 2 is 1.26 bits per heavy atom. The van der Waals surface area contributed by atoms with Crippen molar-refractivity contribution in [1.82, 2.24) is 5.32 Å². The molecule has 0 aromatic heterocycles. The normalized spacial score (nSPS) is 12.5. The second-order valence-electron chi connectivity index (χ2n) is 8.43. The van der Waals surface area contributed by atoms with E-state index < -0.39 is 17.6 Å². The minimum Gasteiger partial charge on any atom is -0.464 e. The second-order valence-corrected chi connectivity index (χ2v) is 8.43. The number of carbonyl (C=O) groups excluding carboxylic acids is 2. The topological polar surface area (TPSA) is 64.6 Å². The molecule has 0 saturated carbocycles. The Hall–Kier alpha value is -1.26. The van der Waals surface area contributed by atoms with Gasteiger partial charge in [0.05, 0.1) is 13.2 Å². The third-order valence-electron chi connectivity index (χ3n) is 4.54. The highest BCUT2D eigenvalue weighted by atomic mass is 16.6. The lowest BCUT2D eigenvalue weighted by Crippen LogP contribution is -2.50. The van der Waals surface area contributed by atoms with E-state index in [1.54, 1.807) is 0 Å². The molecule has 0 aromatic rings. The lowest BCUT2D eigenvalue weighted by molar-refractivity contribution is -0.149. The molecule has 1 atom stereocenters. The van der Waals surface area contributed by atoms with Crippen LogP contribution >= 0.6 is 0 Å². The highest BCUT2D eigenvalue weighted by Crippen LogP contribution is 2.21. The van der Waals surface area contributed by atoms with Crippen molar-refractivity contribution in [3.05, 3.63) is 0 Å². The van der Waals surface area contributed by atoms with Crippen LogP contribution in [0.4, 0.5) is 4.79 Å². The molecule has 5 nitrogen and oxygen atoms in total. The van der Waals surface area contributed by atoms with E-state index in [1.165, 1.54) is 51.4 Å². The quantitative estimate of drug-likeness (QED) is 0.277. The van der Waals surface area contributed by atoms with Gasteiger partial charge < -0.3 is 14.8 Å². The maximum absolute atomic E-state index is 12.4. The Morgan fingerprint density at radius 1 is 0.741 bits per heavy atom. The van der Waals surface area contributed by atoms with Crippen molar-refractivity contribution in [2.75, 3.05) is 13.2 Å². The molecule has 1 unspecified atom stereocenters. The fraction of sp³-hybridized carbons (Fsp3) is 0.909. The summed E-state index contributed by atoms with van der Waals surface area (Å²) in [5.41, 5.74) is -0.430. The summed E-state index contributed by atoms with van der Waals surface area (Å²) < 4.78 is 10.4. The Morgan fingerprint density at radius 3 is 1.74 bits per heavy atom. The molecule has 1 N–H and O–H groups in total. The van der Waals surface area contributed by atoms with Crippen LogP contribution in [0.3, 0.4) is 0 Å². The predicted molar refractivity (Wildman–Crippen MR) is 111 cm³/mol. The van der Waals surface area contributed by atoms with Crippen molar-refractivity contribution in [3.63, 3.8) is 0 Å². The number of unbranched alkanes of at least 4 members (excludes halogenated alkanes) is 9. The van der Waals surface area contributed by atoms with Gasteiger partial charge in [-0.15, -0.1) is 0 Å². The van der Waals surface area contributed by atoms with Crippen LogP contribution in [-0.2, 0) is 14.3 Å². The zero-order chi connectivity index (χ0) is 20.5. The first-order chi connectivity index (χ1) is 12.8. The molecule has 160 valence electrons. The van der Waals surface area contributed by atoms with Gasteiger partial charge >= 0.3 is 12.1 Å². The van der Waals surface area contributed by atoms with Crippen molar-refractivity contribution >= 4 is 12.1 Å². The standard InChI is InChI=1S/C22H43NO4/c1-6-8-9-10-11-12-13-14-15-16-18-26-20(24)19(22(3,4)5)23-21(25)27-17-7-2/h19H,6-18H2,1-5H3,(H,23,25). The van der Waals surface area contributed by atoms with E-state index in [0.717, 1.165) is 19.3 Å². The lowest BCUT2D eigenvalue weighted by atomic mass is 9.87. The van der Waals surface area contributed by atoms with Crippen LogP contribution in [0.5, 0.6) is 0 Å². The van der Waals surface area contributed by atoms with Gasteiger partial charge in [-0.1, -0.05) is 92.4 Å². The summed E-state index contributed by atoms with van der Waals surface area (Å²) in [5.74, 6) is -0.383. The van der Waals surface area contributed by atoms with Crippen LogP contribution in [0.2, 0.25) is 0 Å². The van der Waals surface area contributed by atoms with E-state index in [0.29, 0.717) is 13.2 Å². The molecule has 0 radical (unpaired) electrons. The highest BCUT2D eigenvalue weighted by molar-refractivity contribution is 5.82. The fourth-order valence-corrected chi connectivity index (χ4v) is 2.83. The SMILES string of the molecule is CCCCCCCCCCCCOC(=O)C(NC(=O)OCCC)C(C)(C)C. The number of hydrogen-bond donors (Lipinski definition) is 1. The molecule has 0 aliphatic heterocycles. The van der Waals surface area contributed by atoms with Crippen LogP contribution in [0.1, 0.15) is 105 Å². The molecule has 0 aliphatic rings. The number of nitrogens with one attached hydrogen (secondary N) is 1. The van der Waals surface area contributed by atoms with Gasteiger partial charge in [-0.25, -0.2) is 9.59 Å². The fourth-order valence-electron chi connectivity index (χ4n) is 2.83. The van der Waals surface area contributed by atoms with Crippen molar-refractivity contribution in [2.45, 2.75) is 111 Å². The van der Waals surface area contributed by atoms with Gasteiger partial charge in [0.25, 0.3) is 0 Å². The third-order valence-corrected chi connectivity index (χ3v) is 4.54. The van der Waals surface area contributed by atoms with Gasteiger partial charge in [-0.3, -0.25) is 0 Å². The van der Waals surface area contributed by atoms with Crippen molar-refractivity contribution in [3.8, 4) is 0 Å². The van der Waals surface area contributed by atoms with Gasteiger partial charge in [-0.05, 0) is 18.3 Å². The van der Waals surface area contributed by atoms with Gasteiger partial charge in [0.15, 0.2) is 0 Å². The number of ether oxygens (including phenoxy) is 2. The smallest absolute Gasteiger partial charge is 0.407 e. The molecule has 0 fully saturated rings. The monoisotopic (exact) mass is 385 g/mol. The summed E-state index contributed by atoms with van der Waals surface area (Å²) in [4.78, 5) is 24.1. The molecule has 0 heterocycles. The third kappa shape index (κ3) is 14.5. The molecule has 0 aliphatic carbocycles. The first kappa shape index (κ1) is 25.7. The average Bonchev–Trinajstić information content (AvgIpc) is 2.61. The largest absolute Gasteiger partial charge is 0.464 e. The number of carbonyl (C=O) groups is 2. The molecule has 27 heavy (non-hydrogen) atoms. The Bertz CT molecular complexity index is 390. The summed E-state index contributed by atoms with van der Waals surface area (Å²) in [7, 11) is 0. The number of rotatable bonds is 15. The molecular weight excluding hydrogens is 342 g/mol. The average molecular weight is 386 g/mol. The number of amides is 1. The zero-order valence-corrected chi connectivity index (χ0v) is 18.4. The summed E-state index contributed by atoms with van der Waals surface area (Å²) >= 11 is 0. The molecule has 0 spiro atoms. The first-order valence-electron chi connectivity index (χ1n) is 10.9. The predicted octanol–water partition coefficient (Wildman–Crippen LogP) is 6.00. The zero-order valence-electron chi connectivity index (χ0n) is 18.4. The first-order valence-corrected chi connectivity index (χ1v) is 10.9. The van der Waals surface area contributed by atoms with Gasteiger partial charge in [0.2, 0.25) is 0 Å². The minimum atomic E-state index is -0.704. The van der Waals surface area contributed by atoms with E-state index in [-0.39, 0.29) is 5.97 Å². The van der Waals surface area contributed by atoms with Crippen LogP contribution < -0.4 is 5.32 Å². The maximum atomic E-state index is 12.4. The summed E-state index contributed by atoms with van der Waals surface area (Å²) in [5, 5.41) is 2.65. The second kappa shape index (κ2) is 15.8. The maximum Gasteiger partial charge on any atom is 0.407 e. The van der Waals surface area contributed by atoms with Gasteiger partial charge in [0.1, 0.15) is 6.04 Å². The van der Waals surface area contributed by atoms with Crippen molar-refractivity contribution < 1.29 is 19.1 Å². The van der Waals surface area contributed by atoms with E-state index in [9.17, 15) is 9.59 Å². The van der Waals surface area contributed by atoms with E-state index in [2.05, 4.69) is 12.2 Å². The number of alkyl carbamates (subject to hydrolysis) is 1. The molecule has 0 aromatic carbocycles. The van der Waals surface area contributed by atoms with Crippen LogP contribution in [0.15, 0.2) is 0 Å². The summed E-state index contributed by atoms with van der Waals surface area (Å²) in [6, 6.07) is -0.704. The molecule has 0 rings (SSSR count). The number of hydrogen-bond acceptors (Lipinski definition) is 4. The van der Waals surface area contributed by atoms with E-state index >= 15 is 0 Å². The van der Waals surface area contributed by atoms with Crippen molar-refractivity contribution in [1.29, 1.82) is 0 Å². The molecule has 5 heteroatoms. The van der Waals surface area contributed by atoms with Crippen LogP contribution in [0.25, 0.3) is 0 Å². The molecular formula is C22H43NO4. The number of esters is 1. The Kier molecular flexibility index (Phi) is 15.0. The summed E-state index contributed by atoms with van der Waals surface area (Å²) in [6.07, 6.45) is 12.6. The van der Waals surface area contributed by atoms with Gasteiger partial charge in [0, 0.05) is 0 Å². The Balaban J connectivity index is 3.92. The minimum absolute atomic E-state index is 0.344.